The van der Waals surface area contributed by atoms with Crippen molar-refractivity contribution in [3.63, 3.8) is 0 Å². The number of carbonyl (C=O) groups excluding carboxylic acids is 1. The van der Waals surface area contributed by atoms with Gasteiger partial charge in [-0.2, -0.15) is 0 Å². The summed E-state index contributed by atoms with van der Waals surface area (Å²) in [5.41, 5.74) is 3.28. The molecule has 1 amide bonds. The number of hydrogen-bond donors (Lipinski definition) is 1. The van der Waals surface area contributed by atoms with Crippen LogP contribution in [0.25, 0.3) is 21.8 Å². The van der Waals surface area contributed by atoms with Crippen molar-refractivity contribution in [1.29, 1.82) is 0 Å². The molecule has 29 heavy (non-hydrogen) atoms. The van der Waals surface area contributed by atoms with Gasteiger partial charge in [0.2, 0.25) is 0 Å². The van der Waals surface area contributed by atoms with Crippen LogP contribution in [0.2, 0.25) is 5.02 Å². The summed E-state index contributed by atoms with van der Waals surface area (Å²) < 4.78 is 26.3. The molecule has 0 unspecified atom stereocenters. The van der Waals surface area contributed by atoms with E-state index in [1.807, 2.05) is 41.8 Å². The van der Waals surface area contributed by atoms with Crippen LogP contribution < -0.4 is 5.32 Å². The molecule has 3 nitrogen and oxygen atoms in total. The average Bonchev–Trinajstić information content (AvgIpc) is 3.21. The lowest BCUT2D eigenvalue weighted by atomic mass is 10.1. The van der Waals surface area contributed by atoms with Gasteiger partial charge in [-0.3, -0.25) is 4.79 Å². The number of halogens is 3. The molecule has 0 spiro atoms. The van der Waals surface area contributed by atoms with Crippen molar-refractivity contribution in [2.75, 3.05) is 5.32 Å². The number of nitrogens with one attached hydrogen (secondary N) is 1. The van der Waals surface area contributed by atoms with E-state index in [0.29, 0.717) is 10.7 Å². The monoisotopic (exact) mass is 426 g/mol. The molecular weight excluding hydrogens is 414 g/mol. The largest absolute Gasteiger partial charge is 0.322 e. The minimum Gasteiger partial charge on any atom is -0.322 e. The van der Waals surface area contributed by atoms with Crippen LogP contribution in [0.15, 0.2) is 72.1 Å². The first-order valence-electron chi connectivity index (χ1n) is 8.58. The van der Waals surface area contributed by atoms with Crippen LogP contribution in [0.1, 0.15) is 10.4 Å². The summed E-state index contributed by atoms with van der Waals surface area (Å²) in [7, 11) is 0. The Labute approximate surface area is 174 Å². The van der Waals surface area contributed by atoms with E-state index in [2.05, 4.69) is 10.3 Å². The first-order chi connectivity index (χ1) is 14.0. The lowest BCUT2D eigenvalue weighted by Gasteiger charge is -2.06. The Bertz CT molecular complexity index is 1170. The molecule has 4 aromatic rings. The van der Waals surface area contributed by atoms with Gasteiger partial charge in [0.15, 0.2) is 11.6 Å². The average molecular weight is 427 g/mol. The van der Waals surface area contributed by atoms with Crippen LogP contribution in [0.4, 0.5) is 14.5 Å². The minimum atomic E-state index is -1.06. The summed E-state index contributed by atoms with van der Waals surface area (Å²) in [5.74, 6) is -2.57. The number of nitrogens with zero attached hydrogens (tertiary/aromatic N) is 1. The van der Waals surface area contributed by atoms with Crippen molar-refractivity contribution in [2.24, 2.45) is 0 Å². The Morgan fingerprint density at radius 3 is 2.28 bits per heavy atom. The molecule has 0 saturated carbocycles. The van der Waals surface area contributed by atoms with Gasteiger partial charge in [-0.15, -0.1) is 11.3 Å². The fourth-order valence-electron chi connectivity index (χ4n) is 2.70. The second-order valence-electron chi connectivity index (χ2n) is 6.21. The molecule has 0 saturated heterocycles. The molecule has 144 valence electrons. The number of anilines is 1. The number of aromatic nitrogens is 1. The summed E-state index contributed by atoms with van der Waals surface area (Å²) in [6.07, 6.45) is 0. The topological polar surface area (TPSA) is 42.0 Å². The Kier molecular flexibility index (Phi) is 5.38. The van der Waals surface area contributed by atoms with Crippen LogP contribution in [0.3, 0.4) is 0 Å². The summed E-state index contributed by atoms with van der Waals surface area (Å²) in [6.45, 7) is 0. The first kappa shape index (κ1) is 19.2. The molecule has 4 rings (SSSR count). The summed E-state index contributed by atoms with van der Waals surface area (Å²) >= 11 is 7.45. The molecule has 1 aromatic heterocycles. The van der Waals surface area contributed by atoms with Crippen LogP contribution in [-0.4, -0.2) is 10.9 Å². The number of amides is 1. The van der Waals surface area contributed by atoms with Crippen molar-refractivity contribution in [2.45, 2.75) is 0 Å². The second-order valence-corrected chi connectivity index (χ2v) is 7.50. The van der Waals surface area contributed by atoms with E-state index >= 15 is 0 Å². The molecule has 0 fully saturated rings. The molecular formula is C22H13ClF2N2OS. The van der Waals surface area contributed by atoms with E-state index in [9.17, 15) is 13.6 Å². The van der Waals surface area contributed by atoms with E-state index in [0.717, 1.165) is 34.0 Å². The number of benzene rings is 3. The maximum Gasteiger partial charge on any atom is 0.255 e. The predicted octanol–water partition coefficient (Wildman–Crippen LogP) is 6.66. The van der Waals surface area contributed by atoms with Gasteiger partial charge in [0.25, 0.3) is 5.91 Å². The molecule has 0 aliphatic carbocycles. The molecule has 1 N–H and O–H groups in total. The Morgan fingerprint density at radius 2 is 1.59 bits per heavy atom. The molecule has 0 bridgehead atoms. The lowest BCUT2D eigenvalue weighted by molar-refractivity contribution is 0.102. The van der Waals surface area contributed by atoms with Crippen LogP contribution in [-0.2, 0) is 0 Å². The molecule has 1 heterocycles. The van der Waals surface area contributed by atoms with Gasteiger partial charge in [-0.25, -0.2) is 13.8 Å². The molecule has 3 aromatic carbocycles. The Balaban J connectivity index is 1.48. The third-order valence-electron chi connectivity index (χ3n) is 4.22. The summed E-state index contributed by atoms with van der Waals surface area (Å²) in [5, 5.41) is 6.17. The van der Waals surface area contributed by atoms with Crippen LogP contribution >= 0.6 is 22.9 Å². The third kappa shape index (κ3) is 4.34. The van der Waals surface area contributed by atoms with Gasteiger partial charge in [-0.1, -0.05) is 35.9 Å². The predicted molar refractivity (Wildman–Crippen MR) is 112 cm³/mol. The summed E-state index contributed by atoms with van der Waals surface area (Å²) in [4.78, 5) is 16.8. The zero-order chi connectivity index (χ0) is 20.4. The van der Waals surface area contributed by atoms with Gasteiger partial charge < -0.3 is 5.32 Å². The quantitative estimate of drug-likeness (QED) is 0.396. The lowest BCUT2D eigenvalue weighted by Crippen LogP contribution is -2.12. The highest BCUT2D eigenvalue weighted by Gasteiger charge is 2.11. The maximum atomic E-state index is 13.3. The minimum absolute atomic E-state index is 0.0417. The molecule has 7 heteroatoms. The fourth-order valence-corrected chi connectivity index (χ4v) is 3.66. The smallest absolute Gasteiger partial charge is 0.255 e. The van der Waals surface area contributed by atoms with Crippen LogP contribution in [0, 0.1) is 11.6 Å². The molecule has 0 aliphatic rings. The first-order valence-corrected chi connectivity index (χ1v) is 9.84. The van der Waals surface area contributed by atoms with Gasteiger partial charge in [0.1, 0.15) is 5.01 Å². The van der Waals surface area contributed by atoms with Gasteiger partial charge in [0.05, 0.1) is 5.69 Å². The van der Waals surface area contributed by atoms with E-state index in [-0.39, 0.29) is 5.56 Å². The van der Waals surface area contributed by atoms with Gasteiger partial charge in [0, 0.05) is 32.8 Å². The van der Waals surface area contributed by atoms with Crippen molar-refractivity contribution in [3.05, 3.63) is 94.3 Å². The van der Waals surface area contributed by atoms with E-state index in [4.69, 9.17) is 11.6 Å². The van der Waals surface area contributed by atoms with E-state index < -0.39 is 17.5 Å². The molecule has 0 aliphatic heterocycles. The molecule has 0 atom stereocenters. The van der Waals surface area contributed by atoms with Gasteiger partial charge >= 0.3 is 0 Å². The van der Waals surface area contributed by atoms with E-state index in [1.54, 1.807) is 12.1 Å². The van der Waals surface area contributed by atoms with Crippen LogP contribution in [0.5, 0.6) is 0 Å². The summed E-state index contributed by atoms with van der Waals surface area (Å²) in [6, 6.07) is 17.6. The molecule has 0 radical (unpaired) electrons. The Morgan fingerprint density at radius 1 is 0.897 bits per heavy atom. The fraction of sp³-hybridized carbons (Fsp3) is 0. The number of thiazole rings is 1. The zero-order valence-electron chi connectivity index (χ0n) is 14.8. The van der Waals surface area contributed by atoms with Crippen molar-refractivity contribution in [3.8, 4) is 21.8 Å². The highest BCUT2D eigenvalue weighted by molar-refractivity contribution is 7.13. The van der Waals surface area contributed by atoms with Crippen molar-refractivity contribution < 1.29 is 13.6 Å². The standard InChI is InChI=1S/C22H13ClF2N2OS/c23-16-6-1-14(2-7-16)22-27-20(12-29-22)13-3-8-17(9-4-13)26-21(28)15-5-10-18(24)19(25)11-15/h1-12H,(H,26,28). The highest BCUT2D eigenvalue weighted by atomic mass is 35.5. The number of carbonyl (C=O) groups is 1. The number of hydrogen-bond acceptors (Lipinski definition) is 3. The van der Waals surface area contributed by atoms with Crippen molar-refractivity contribution >= 4 is 34.5 Å². The highest BCUT2D eigenvalue weighted by Crippen LogP contribution is 2.30. The third-order valence-corrected chi connectivity index (χ3v) is 5.36. The second kappa shape index (κ2) is 8.11. The normalized spacial score (nSPS) is 10.7. The maximum absolute atomic E-state index is 13.3. The van der Waals surface area contributed by atoms with E-state index in [1.165, 1.54) is 17.4 Å². The zero-order valence-corrected chi connectivity index (χ0v) is 16.4. The SMILES string of the molecule is O=C(Nc1ccc(-c2csc(-c3ccc(Cl)cc3)n2)cc1)c1ccc(F)c(F)c1. The Hall–Kier alpha value is -3.09. The van der Waals surface area contributed by atoms with Crippen molar-refractivity contribution in [1.82, 2.24) is 4.98 Å². The number of rotatable bonds is 4. The van der Waals surface area contributed by atoms with Gasteiger partial charge in [-0.05, 0) is 42.5 Å².